The largest absolute Gasteiger partial charge is 0.369 e. The van der Waals surface area contributed by atoms with Crippen molar-refractivity contribution < 1.29 is 9.59 Å². The predicted molar refractivity (Wildman–Crippen MR) is 103 cm³/mol. The average molecular weight is 383 g/mol. The first-order valence-electron chi connectivity index (χ1n) is 9.78. The molecule has 28 heavy (non-hydrogen) atoms. The lowest BCUT2D eigenvalue weighted by molar-refractivity contribution is -0.138. The molecule has 9 heteroatoms. The minimum absolute atomic E-state index is 0.0496. The summed E-state index contributed by atoms with van der Waals surface area (Å²) in [5, 5.41) is 12.7. The van der Waals surface area contributed by atoms with Crippen molar-refractivity contribution in [1.82, 2.24) is 24.9 Å². The summed E-state index contributed by atoms with van der Waals surface area (Å²) in [5.74, 6) is 1.21. The molecule has 2 aliphatic rings. The first-order chi connectivity index (χ1) is 13.6. The Morgan fingerprint density at radius 3 is 2.39 bits per heavy atom. The van der Waals surface area contributed by atoms with Crippen molar-refractivity contribution in [2.24, 2.45) is 17.6 Å². The number of carbonyl (C=O) groups is 2. The van der Waals surface area contributed by atoms with Gasteiger partial charge in [0.15, 0.2) is 11.6 Å². The Hall–Kier alpha value is -2.97. The van der Waals surface area contributed by atoms with Gasteiger partial charge in [0, 0.05) is 44.5 Å². The van der Waals surface area contributed by atoms with Gasteiger partial charge in [-0.05, 0) is 43.9 Å². The van der Waals surface area contributed by atoms with E-state index in [4.69, 9.17) is 5.73 Å². The van der Waals surface area contributed by atoms with Gasteiger partial charge in [0.1, 0.15) is 0 Å². The molecule has 2 N–H and O–H groups in total. The molecule has 2 fully saturated rings. The second kappa shape index (κ2) is 7.95. The van der Waals surface area contributed by atoms with Crippen LogP contribution in [0.3, 0.4) is 0 Å². The Morgan fingerprint density at radius 2 is 1.75 bits per heavy atom. The van der Waals surface area contributed by atoms with Crippen LogP contribution in [0.1, 0.15) is 25.7 Å². The van der Waals surface area contributed by atoms with E-state index in [9.17, 15) is 9.59 Å². The number of anilines is 1. The summed E-state index contributed by atoms with van der Waals surface area (Å²) in [4.78, 5) is 28.3. The molecule has 1 atom stereocenters. The molecule has 0 saturated carbocycles. The van der Waals surface area contributed by atoms with Gasteiger partial charge in [0.05, 0.1) is 5.92 Å². The van der Waals surface area contributed by atoms with E-state index in [-0.39, 0.29) is 23.7 Å². The van der Waals surface area contributed by atoms with Gasteiger partial charge in [0.25, 0.3) is 0 Å². The number of aromatic nitrogens is 4. The van der Waals surface area contributed by atoms with Crippen molar-refractivity contribution in [3.8, 4) is 5.82 Å². The molecule has 2 aromatic heterocycles. The molecule has 2 aliphatic heterocycles. The quantitative estimate of drug-likeness (QED) is 0.828. The molecular formula is C19H25N7O2. The van der Waals surface area contributed by atoms with E-state index >= 15 is 0 Å². The Balaban J connectivity index is 1.38. The molecule has 9 nitrogen and oxygen atoms in total. The van der Waals surface area contributed by atoms with E-state index in [0.717, 1.165) is 25.2 Å². The Bertz CT molecular complexity index is 813. The van der Waals surface area contributed by atoms with E-state index in [0.29, 0.717) is 38.3 Å². The number of amides is 2. The Kier molecular flexibility index (Phi) is 5.23. The van der Waals surface area contributed by atoms with Gasteiger partial charge in [-0.15, -0.1) is 10.2 Å². The van der Waals surface area contributed by atoms with Crippen molar-refractivity contribution >= 4 is 17.6 Å². The van der Waals surface area contributed by atoms with Crippen LogP contribution in [0.25, 0.3) is 5.82 Å². The first kappa shape index (κ1) is 18.4. The Labute approximate surface area is 163 Å². The number of hydrogen-bond donors (Lipinski definition) is 1. The average Bonchev–Trinajstić information content (AvgIpc) is 3.28. The van der Waals surface area contributed by atoms with Crippen molar-refractivity contribution in [3.63, 3.8) is 0 Å². The Morgan fingerprint density at radius 1 is 1.00 bits per heavy atom. The highest BCUT2D eigenvalue weighted by Crippen LogP contribution is 2.25. The summed E-state index contributed by atoms with van der Waals surface area (Å²) in [6.45, 7) is 2.73. The van der Waals surface area contributed by atoms with Crippen molar-refractivity contribution in [2.45, 2.75) is 25.7 Å². The molecule has 0 spiro atoms. The molecule has 4 rings (SSSR count). The zero-order chi connectivity index (χ0) is 19.5. The maximum atomic E-state index is 13.0. The molecule has 148 valence electrons. The zero-order valence-corrected chi connectivity index (χ0v) is 15.8. The van der Waals surface area contributed by atoms with Crippen LogP contribution in [-0.2, 0) is 9.59 Å². The van der Waals surface area contributed by atoms with Crippen LogP contribution in [0.5, 0.6) is 0 Å². The molecule has 2 aromatic rings. The van der Waals surface area contributed by atoms with Crippen LogP contribution < -0.4 is 10.6 Å². The highest BCUT2D eigenvalue weighted by molar-refractivity contribution is 5.81. The number of nitrogens with zero attached hydrogens (tertiary/aromatic N) is 6. The summed E-state index contributed by atoms with van der Waals surface area (Å²) in [5.41, 5.74) is 5.39. The summed E-state index contributed by atoms with van der Waals surface area (Å²) in [7, 11) is 0. The van der Waals surface area contributed by atoms with E-state index in [1.807, 2.05) is 29.3 Å². The summed E-state index contributed by atoms with van der Waals surface area (Å²) < 4.78 is 1.66. The molecule has 0 radical (unpaired) electrons. The minimum atomic E-state index is -0.256. The third-order valence-electron chi connectivity index (χ3n) is 5.68. The molecular weight excluding hydrogens is 358 g/mol. The lowest BCUT2D eigenvalue weighted by Crippen LogP contribution is -2.48. The molecule has 2 saturated heterocycles. The van der Waals surface area contributed by atoms with Gasteiger partial charge in [-0.1, -0.05) is 0 Å². The van der Waals surface area contributed by atoms with Crippen LogP contribution in [0.15, 0.2) is 30.6 Å². The molecule has 0 bridgehead atoms. The summed E-state index contributed by atoms with van der Waals surface area (Å²) in [6.07, 6.45) is 6.67. The van der Waals surface area contributed by atoms with E-state index in [1.165, 1.54) is 0 Å². The fourth-order valence-electron chi connectivity index (χ4n) is 4.04. The molecule has 0 aliphatic carbocycles. The maximum absolute atomic E-state index is 13.0. The second-order valence-electron chi connectivity index (χ2n) is 7.49. The maximum Gasteiger partial charge on any atom is 0.227 e. The van der Waals surface area contributed by atoms with E-state index < -0.39 is 0 Å². The topological polar surface area (TPSA) is 110 Å². The molecule has 0 aromatic carbocycles. The van der Waals surface area contributed by atoms with Crippen LogP contribution in [-0.4, -0.2) is 62.9 Å². The summed E-state index contributed by atoms with van der Waals surface area (Å²) >= 11 is 0. The fourth-order valence-corrected chi connectivity index (χ4v) is 4.04. The smallest absolute Gasteiger partial charge is 0.227 e. The highest BCUT2D eigenvalue weighted by atomic mass is 16.2. The number of nitrogens with two attached hydrogens (primary N) is 1. The highest BCUT2D eigenvalue weighted by Gasteiger charge is 2.33. The SMILES string of the molecule is NC(=O)C1CCN(C(=O)C2CCCN(c3ccc(-n4cccn4)nn3)C2)CC1. The normalized spacial score (nSPS) is 20.9. The number of likely N-dealkylation sites (tertiary alicyclic amines) is 1. The van der Waals surface area contributed by atoms with Gasteiger partial charge in [-0.25, -0.2) is 4.68 Å². The third kappa shape index (κ3) is 3.83. The van der Waals surface area contributed by atoms with Crippen LogP contribution in [0, 0.1) is 11.8 Å². The monoisotopic (exact) mass is 383 g/mol. The summed E-state index contributed by atoms with van der Waals surface area (Å²) in [6, 6.07) is 5.65. The minimum Gasteiger partial charge on any atom is -0.369 e. The molecule has 4 heterocycles. The lowest BCUT2D eigenvalue weighted by atomic mass is 9.92. The van der Waals surface area contributed by atoms with Crippen LogP contribution >= 0.6 is 0 Å². The van der Waals surface area contributed by atoms with Crippen LogP contribution in [0.2, 0.25) is 0 Å². The van der Waals surface area contributed by atoms with Gasteiger partial charge in [0.2, 0.25) is 11.8 Å². The zero-order valence-electron chi connectivity index (χ0n) is 15.8. The fraction of sp³-hybridized carbons (Fsp3) is 0.526. The van der Waals surface area contributed by atoms with Gasteiger partial charge < -0.3 is 15.5 Å². The number of rotatable bonds is 4. The van der Waals surface area contributed by atoms with Gasteiger partial charge in [-0.2, -0.15) is 5.10 Å². The van der Waals surface area contributed by atoms with Crippen molar-refractivity contribution in [1.29, 1.82) is 0 Å². The van der Waals surface area contributed by atoms with Crippen LogP contribution in [0.4, 0.5) is 5.82 Å². The lowest BCUT2D eigenvalue weighted by Gasteiger charge is -2.37. The van der Waals surface area contributed by atoms with Gasteiger partial charge in [-0.3, -0.25) is 9.59 Å². The standard InChI is InChI=1S/C19H25N7O2/c20-18(27)14-6-11-24(12-7-14)19(28)15-3-1-9-25(13-15)16-4-5-17(23-22-16)26-10-2-8-21-26/h2,4-5,8,10,14-15H,1,3,6-7,9,11-13H2,(H2,20,27). The van der Waals surface area contributed by atoms with E-state index in [1.54, 1.807) is 10.9 Å². The third-order valence-corrected chi connectivity index (χ3v) is 5.68. The van der Waals surface area contributed by atoms with E-state index in [2.05, 4.69) is 20.2 Å². The number of piperidine rings is 2. The molecule has 2 amide bonds. The number of hydrogen-bond acceptors (Lipinski definition) is 6. The van der Waals surface area contributed by atoms with Gasteiger partial charge >= 0.3 is 0 Å². The van der Waals surface area contributed by atoms with Crippen molar-refractivity contribution in [2.75, 3.05) is 31.1 Å². The van der Waals surface area contributed by atoms with Crippen molar-refractivity contribution in [3.05, 3.63) is 30.6 Å². The predicted octanol–water partition coefficient (Wildman–Crippen LogP) is 0.603. The molecule has 1 unspecified atom stereocenters. The first-order valence-corrected chi connectivity index (χ1v) is 9.78. The second-order valence-corrected chi connectivity index (χ2v) is 7.49. The number of primary amides is 1. The number of carbonyl (C=O) groups excluding carboxylic acids is 2.